The lowest BCUT2D eigenvalue weighted by Gasteiger charge is -2.11. The van der Waals surface area contributed by atoms with Crippen LogP contribution in [0.1, 0.15) is 11.3 Å². The molecule has 0 atom stereocenters. The van der Waals surface area contributed by atoms with E-state index in [4.69, 9.17) is 0 Å². The molecule has 3 aromatic heterocycles. The Balaban J connectivity index is 2.01. The van der Waals surface area contributed by atoms with Gasteiger partial charge < -0.3 is 4.57 Å². The smallest absolute Gasteiger partial charge is 0.326 e. The van der Waals surface area contributed by atoms with Crippen molar-refractivity contribution in [3.05, 3.63) is 71.9 Å². The van der Waals surface area contributed by atoms with Crippen molar-refractivity contribution in [1.29, 1.82) is 0 Å². The number of fused-ring (bicyclic) bond motifs is 5. The highest BCUT2D eigenvalue weighted by Crippen LogP contribution is 2.42. The second kappa shape index (κ2) is 6.04. The predicted octanol–water partition coefficient (Wildman–Crippen LogP) is 6.27. The van der Waals surface area contributed by atoms with Crippen LogP contribution in [0.3, 0.4) is 0 Å². The Morgan fingerprint density at radius 1 is 0.862 bits per heavy atom. The van der Waals surface area contributed by atoms with E-state index in [2.05, 4.69) is 9.97 Å². The Hall–Kier alpha value is -3.41. The van der Waals surface area contributed by atoms with E-state index >= 15 is 0 Å². The first-order valence-electron chi connectivity index (χ1n) is 9.17. The summed E-state index contributed by atoms with van der Waals surface area (Å²) < 4.78 is 44.0. The summed E-state index contributed by atoms with van der Waals surface area (Å²) in [6.45, 7) is 1.82. The van der Waals surface area contributed by atoms with Gasteiger partial charge in [0.15, 0.2) is 0 Å². The van der Waals surface area contributed by atoms with Gasteiger partial charge in [0, 0.05) is 29.1 Å². The Morgan fingerprint density at radius 3 is 2.21 bits per heavy atom. The summed E-state index contributed by atoms with van der Waals surface area (Å²) in [6.07, 6.45) is -4.53. The van der Waals surface area contributed by atoms with Gasteiger partial charge in [-0.3, -0.25) is 4.98 Å². The highest BCUT2D eigenvalue weighted by molar-refractivity contribution is 6.16. The maximum Gasteiger partial charge on any atom is 0.417 e. The van der Waals surface area contributed by atoms with Crippen LogP contribution in [0.4, 0.5) is 13.2 Å². The molecule has 144 valence electrons. The summed E-state index contributed by atoms with van der Waals surface area (Å²) >= 11 is 0. The second-order valence-electron chi connectivity index (χ2n) is 7.12. The number of rotatable bonds is 1. The van der Waals surface area contributed by atoms with E-state index in [1.54, 1.807) is 35.9 Å². The number of aromatic nitrogens is 3. The highest BCUT2D eigenvalue weighted by Gasteiger charge is 2.36. The molecule has 0 aliphatic rings. The van der Waals surface area contributed by atoms with Crippen LogP contribution in [0.15, 0.2) is 60.7 Å². The molecule has 6 heteroatoms. The van der Waals surface area contributed by atoms with Crippen molar-refractivity contribution in [2.45, 2.75) is 13.1 Å². The summed E-state index contributed by atoms with van der Waals surface area (Å²) in [7, 11) is 1.75. The first-order chi connectivity index (χ1) is 13.9. The van der Waals surface area contributed by atoms with Gasteiger partial charge in [0.1, 0.15) is 5.65 Å². The summed E-state index contributed by atoms with van der Waals surface area (Å²) in [5.74, 6) is 0. The minimum atomic E-state index is -4.53. The number of hydrogen-bond acceptors (Lipinski definition) is 2. The molecule has 29 heavy (non-hydrogen) atoms. The maximum atomic E-state index is 14.1. The number of aryl methyl sites for hydroxylation is 2. The molecule has 0 amide bonds. The van der Waals surface area contributed by atoms with Crippen molar-refractivity contribution in [3.63, 3.8) is 0 Å². The molecule has 0 unspecified atom stereocenters. The molecule has 5 aromatic rings. The minimum absolute atomic E-state index is 0.0449. The van der Waals surface area contributed by atoms with Gasteiger partial charge in [0.2, 0.25) is 0 Å². The molecule has 0 radical (unpaired) electrons. The number of pyridine rings is 2. The number of nitrogens with zero attached hydrogens (tertiary/aromatic N) is 3. The van der Waals surface area contributed by atoms with Crippen LogP contribution in [0.2, 0.25) is 0 Å². The lowest BCUT2D eigenvalue weighted by Crippen LogP contribution is -2.07. The fourth-order valence-corrected chi connectivity index (χ4v) is 4.02. The van der Waals surface area contributed by atoms with Crippen LogP contribution < -0.4 is 0 Å². The Bertz CT molecular complexity index is 1400. The average molecular weight is 391 g/mol. The normalized spacial score (nSPS) is 12.3. The van der Waals surface area contributed by atoms with E-state index in [0.717, 1.165) is 16.8 Å². The van der Waals surface area contributed by atoms with Crippen molar-refractivity contribution < 1.29 is 13.2 Å². The predicted molar refractivity (Wildman–Crippen MR) is 109 cm³/mol. The second-order valence-corrected chi connectivity index (χ2v) is 7.12. The molecule has 3 heterocycles. The highest BCUT2D eigenvalue weighted by atomic mass is 19.4. The quantitative estimate of drug-likeness (QED) is 0.337. The van der Waals surface area contributed by atoms with Crippen LogP contribution in [0, 0.1) is 6.92 Å². The molecular formula is C23H16F3N3. The summed E-state index contributed by atoms with van der Waals surface area (Å²) in [6, 6.07) is 17.7. The standard InChI is InChI=1S/C23H16F3N3/c1-13-15-10-6-7-11-16(15)21-20(27-13)19-17(23(24,25)26)12-18(28-22(19)29(21)2)14-8-4-3-5-9-14/h3-12H,1-2H3. The van der Waals surface area contributed by atoms with Gasteiger partial charge in [-0.1, -0.05) is 54.6 Å². The van der Waals surface area contributed by atoms with Gasteiger partial charge in [-0.25, -0.2) is 4.98 Å². The van der Waals surface area contributed by atoms with E-state index in [1.165, 1.54) is 0 Å². The fourth-order valence-electron chi connectivity index (χ4n) is 4.02. The van der Waals surface area contributed by atoms with Crippen molar-refractivity contribution in [1.82, 2.24) is 14.5 Å². The van der Waals surface area contributed by atoms with Gasteiger partial charge in [-0.15, -0.1) is 0 Å². The molecule has 0 saturated carbocycles. The van der Waals surface area contributed by atoms with Crippen LogP contribution in [-0.4, -0.2) is 14.5 Å². The number of alkyl halides is 3. The molecule has 0 bridgehead atoms. The zero-order valence-electron chi connectivity index (χ0n) is 15.7. The van der Waals surface area contributed by atoms with E-state index < -0.39 is 11.7 Å². The van der Waals surface area contributed by atoms with Gasteiger partial charge in [0.25, 0.3) is 0 Å². The molecule has 3 nitrogen and oxygen atoms in total. The van der Waals surface area contributed by atoms with Crippen LogP contribution in [0.5, 0.6) is 0 Å². The van der Waals surface area contributed by atoms with E-state index in [9.17, 15) is 13.2 Å². The summed E-state index contributed by atoms with van der Waals surface area (Å²) in [5.41, 5.74) is 2.17. The van der Waals surface area contributed by atoms with Gasteiger partial charge in [-0.05, 0) is 13.0 Å². The summed E-state index contributed by atoms with van der Waals surface area (Å²) in [4.78, 5) is 9.18. The number of hydrogen-bond donors (Lipinski definition) is 0. The minimum Gasteiger partial charge on any atom is -0.326 e. The molecular weight excluding hydrogens is 375 g/mol. The van der Waals surface area contributed by atoms with E-state index in [-0.39, 0.29) is 16.7 Å². The third-order valence-corrected chi connectivity index (χ3v) is 5.34. The lowest BCUT2D eigenvalue weighted by atomic mass is 10.0. The van der Waals surface area contributed by atoms with Gasteiger partial charge in [0.05, 0.1) is 27.7 Å². The van der Waals surface area contributed by atoms with Crippen LogP contribution in [-0.2, 0) is 13.2 Å². The largest absolute Gasteiger partial charge is 0.417 e. The van der Waals surface area contributed by atoms with Crippen molar-refractivity contribution in [3.8, 4) is 11.3 Å². The fraction of sp³-hybridized carbons (Fsp3) is 0.130. The number of benzene rings is 2. The van der Waals surface area contributed by atoms with Crippen LogP contribution >= 0.6 is 0 Å². The molecule has 0 aliphatic heterocycles. The molecule has 0 fully saturated rings. The average Bonchev–Trinajstić information content (AvgIpc) is 2.99. The molecule has 0 aliphatic carbocycles. The van der Waals surface area contributed by atoms with Crippen LogP contribution in [0.25, 0.3) is 44.1 Å². The Labute approximate surface area is 164 Å². The molecule has 5 rings (SSSR count). The SMILES string of the molecule is Cc1nc2c3c(C(F)(F)F)cc(-c4ccccc4)nc3n(C)c2c2ccccc12. The third kappa shape index (κ3) is 2.59. The maximum absolute atomic E-state index is 14.1. The van der Waals surface area contributed by atoms with E-state index in [1.807, 2.05) is 37.3 Å². The Morgan fingerprint density at radius 2 is 1.52 bits per heavy atom. The van der Waals surface area contributed by atoms with Gasteiger partial charge in [-0.2, -0.15) is 13.2 Å². The van der Waals surface area contributed by atoms with Crippen molar-refractivity contribution in [2.24, 2.45) is 7.05 Å². The zero-order chi connectivity index (χ0) is 20.3. The van der Waals surface area contributed by atoms with E-state index in [0.29, 0.717) is 22.3 Å². The van der Waals surface area contributed by atoms with Crippen molar-refractivity contribution >= 4 is 32.8 Å². The molecule has 0 N–H and O–H groups in total. The monoisotopic (exact) mass is 391 g/mol. The zero-order valence-corrected chi connectivity index (χ0v) is 15.7. The lowest BCUT2D eigenvalue weighted by molar-refractivity contribution is -0.136. The molecule has 0 spiro atoms. The summed E-state index contributed by atoms with van der Waals surface area (Å²) in [5, 5.41) is 1.83. The van der Waals surface area contributed by atoms with Crippen molar-refractivity contribution in [2.75, 3.05) is 0 Å². The number of halogens is 3. The molecule has 0 saturated heterocycles. The first kappa shape index (κ1) is 17.7. The Kier molecular flexibility index (Phi) is 3.68. The topological polar surface area (TPSA) is 30.7 Å². The van der Waals surface area contributed by atoms with Gasteiger partial charge >= 0.3 is 6.18 Å². The molecule has 2 aromatic carbocycles. The first-order valence-corrected chi connectivity index (χ1v) is 9.17. The third-order valence-electron chi connectivity index (χ3n) is 5.34.